The molecule has 0 aromatic heterocycles. The minimum absolute atomic E-state index is 0.228. The van der Waals surface area contributed by atoms with Crippen molar-refractivity contribution in [1.29, 1.82) is 0 Å². The van der Waals surface area contributed by atoms with Gasteiger partial charge in [-0.15, -0.1) is 0 Å². The predicted molar refractivity (Wildman–Crippen MR) is 68.7 cm³/mol. The molecule has 0 amide bonds. The van der Waals surface area contributed by atoms with Gasteiger partial charge in [-0.2, -0.15) is 0 Å². The lowest BCUT2D eigenvalue weighted by atomic mass is 9.92. The molecule has 1 aromatic rings. The number of ether oxygens (including phenoxy) is 2. The monoisotopic (exact) mass is 255 g/mol. The Morgan fingerprint density at radius 1 is 1.53 bits per heavy atom. The van der Waals surface area contributed by atoms with E-state index in [0.717, 1.165) is 36.0 Å². The summed E-state index contributed by atoms with van der Waals surface area (Å²) < 4.78 is 10.9. The Bertz CT molecular complexity index is 378. The molecule has 1 heterocycles. The minimum atomic E-state index is 0.228. The number of hydrogen-bond donors (Lipinski definition) is 1. The van der Waals surface area contributed by atoms with Crippen LogP contribution in [0.5, 0.6) is 5.75 Å². The molecule has 1 N–H and O–H groups in total. The quantitative estimate of drug-likeness (QED) is 0.897. The first-order chi connectivity index (χ1) is 8.26. The summed E-state index contributed by atoms with van der Waals surface area (Å²) in [7, 11) is 3.65. The maximum Gasteiger partial charge on any atom is 0.123 e. The summed E-state index contributed by atoms with van der Waals surface area (Å²) in [6, 6.07) is 5.96. The van der Waals surface area contributed by atoms with Crippen LogP contribution in [0, 0.1) is 5.92 Å². The summed E-state index contributed by atoms with van der Waals surface area (Å²) in [4.78, 5) is 0. The maximum atomic E-state index is 6.07. The van der Waals surface area contributed by atoms with Crippen LogP contribution in [0.15, 0.2) is 18.2 Å². The van der Waals surface area contributed by atoms with Crippen LogP contribution in [0.4, 0.5) is 0 Å². The molecule has 1 saturated heterocycles. The Morgan fingerprint density at radius 3 is 2.94 bits per heavy atom. The van der Waals surface area contributed by atoms with Crippen molar-refractivity contribution in [3.05, 3.63) is 28.8 Å². The van der Waals surface area contributed by atoms with E-state index in [1.807, 2.05) is 25.2 Å². The molecule has 4 heteroatoms. The van der Waals surface area contributed by atoms with Gasteiger partial charge in [0.25, 0.3) is 0 Å². The molecular weight excluding hydrogens is 238 g/mol. The van der Waals surface area contributed by atoms with Crippen LogP contribution in [0.2, 0.25) is 5.02 Å². The lowest BCUT2D eigenvalue weighted by Crippen LogP contribution is -2.26. The number of nitrogens with one attached hydrogen (secondary N) is 1. The average molecular weight is 256 g/mol. The fraction of sp³-hybridized carbons (Fsp3) is 0.538. The third-order valence-corrected chi connectivity index (χ3v) is 3.51. The van der Waals surface area contributed by atoms with Gasteiger partial charge in [-0.1, -0.05) is 11.6 Å². The molecule has 17 heavy (non-hydrogen) atoms. The summed E-state index contributed by atoms with van der Waals surface area (Å²) in [6.07, 6.45) is 1.07. The molecule has 2 unspecified atom stereocenters. The molecule has 1 aliphatic heterocycles. The zero-order valence-corrected chi connectivity index (χ0v) is 11.0. The average Bonchev–Trinajstić information content (AvgIpc) is 2.84. The van der Waals surface area contributed by atoms with E-state index in [1.165, 1.54) is 0 Å². The van der Waals surface area contributed by atoms with Gasteiger partial charge in [0.15, 0.2) is 0 Å². The summed E-state index contributed by atoms with van der Waals surface area (Å²) in [5.74, 6) is 1.35. The van der Waals surface area contributed by atoms with Crippen LogP contribution in [0.3, 0.4) is 0 Å². The Hall–Kier alpha value is -0.770. The van der Waals surface area contributed by atoms with Crippen molar-refractivity contribution in [2.24, 2.45) is 5.92 Å². The van der Waals surface area contributed by atoms with Gasteiger partial charge in [0.05, 0.1) is 13.7 Å². The van der Waals surface area contributed by atoms with Gasteiger partial charge >= 0.3 is 0 Å². The fourth-order valence-corrected chi connectivity index (χ4v) is 2.59. The van der Waals surface area contributed by atoms with E-state index in [2.05, 4.69) is 5.32 Å². The molecule has 2 atom stereocenters. The van der Waals surface area contributed by atoms with Gasteiger partial charge in [0.2, 0.25) is 0 Å². The van der Waals surface area contributed by atoms with Crippen LogP contribution in [-0.2, 0) is 4.74 Å². The lowest BCUT2D eigenvalue weighted by molar-refractivity contribution is 0.177. The van der Waals surface area contributed by atoms with Crippen molar-refractivity contribution in [3.63, 3.8) is 0 Å². The van der Waals surface area contributed by atoms with Gasteiger partial charge in [0, 0.05) is 29.2 Å². The molecule has 0 saturated carbocycles. The molecule has 94 valence electrons. The maximum absolute atomic E-state index is 6.07. The van der Waals surface area contributed by atoms with Crippen molar-refractivity contribution in [2.45, 2.75) is 12.5 Å². The molecule has 3 nitrogen and oxygen atoms in total. The van der Waals surface area contributed by atoms with Gasteiger partial charge in [-0.05, 0) is 31.7 Å². The third kappa shape index (κ3) is 2.73. The van der Waals surface area contributed by atoms with E-state index in [4.69, 9.17) is 21.1 Å². The SMILES string of the molecule is CNC(c1cc(Cl)ccc1OC)C1CCOC1. The standard InChI is InChI=1S/C13H18ClNO2/c1-15-13(9-5-6-17-8-9)11-7-10(14)3-4-12(11)16-2/h3-4,7,9,13,15H,5-6,8H2,1-2H3. The number of benzene rings is 1. The number of hydrogen-bond acceptors (Lipinski definition) is 3. The molecule has 0 spiro atoms. The number of rotatable bonds is 4. The van der Waals surface area contributed by atoms with Crippen LogP contribution < -0.4 is 10.1 Å². The van der Waals surface area contributed by atoms with E-state index in [-0.39, 0.29) is 6.04 Å². The molecular formula is C13H18ClNO2. The normalized spacial score (nSPS) is 21.5. The second kappa shape index (κ2) is 5.71. The minimum Gasteiger partial charge on any atom is -0.496 e. The molecule has 0 bridgehead atoms. The van der Waals surface area contributed by atoms with Crippen molar-refractivity contribution < 1.29 is 9.47 Å². The highest BCUT2D eigenvalue weighted by Crippen LogP contribution is 2.35. The first-order valence-corrected chi connectivity index (χ1v) is 6.22. The predicted octanol–water partition coefficient (Wildman–Crippen LogP) is 2.65. The highest BCUT2D eigenvalue weighted by atomic mass is 35.5. The lowest BCUT2D eigenvalue weighted by Gasteiger charge is -2.24. The first kappa shape index (κ1) is 12.7. The molecule has 0 radical (unpaired) electrons. The molecule has 0 aliphatic carbocycles. The Morgan fingerprint density at radius 2 is 2.35 bits per heavy atom. The van der Waals surface area contributed by atoms with E-state index in [9.17, 15) is 0 Å². The second-order valence-electron chi connectivity index (χ2n) is 4.28. The van der Waals surface area contributed by atoms with E-state index in [0.29, 0.717) is 5.92 Å². The van der Waals surface area contributed by atoms with Crippen molar-refractivity contribution in [1.82, 2.24) is 5.32 Å². The summed E-state index contributed by atoms with van der Waals surface area (Å²) in [6.45, 7) is 1.63. The topological polar surface area (TPSA) is 30.5 Å². The smallest absolute Gasteiger partial charge is 0.123 e. The molecule has 1 fully saturated rings. The van der Waals surface area contributed by atoms with Crippen LogP contribution in [0.25, 0.3) is 0 Å². The van der Waals surface area contributed by atoms with E-state index in [1.54, 1.807) is 7.11 Å². The third-order valence-electron chi connectivity index (χ3n) is 3.27. The Balaban J connectivity index is 2.31. The highest BCUT2D eigenvalue weighted by molar-refractivity contribution is 6.30. The van der Waals surface area contributed by atoms with Crippen molar-refractivity contribution in [2.75, 3.05) is 27.4 Å². The molecule has 1 aromatic carbocycles. The molecule has 2 rings (SSSR count). The van der Waals surface area contributed by atoms with E-state index >= 15 is 0 Å². The summed E-state index contributed by atoms with van der Waals surface area (Å²) >= 11 is 6.07. The van der Waals surface area contributed by atoms with Gasteiger partial charge in [-0.25, -0.2) is 0 Å². The van der Waals surface area contributed by atoms with Crippen LogP contribution >= 0.6 is 11.6 Å². The van der Waals surface area contributed by atoms with Gasteiger partial charge in [-0.3, -0.25) is 0 Å². The largest absolute Gasteiger partial charge is 0.496 e. The fourth-order valence-electron chi connectivity index (χ4n) is 2.41. The molecule has 1 aliphatic rings. The van der Waals surface area contributed by atoms with Crippen LogP contribution in [-0.4, -0.2) is 27.4 Å². The van der Waals surface area contributed by atoms with Crippen molar-refractivity contribution in [3.8, 4) is 5.75 Å². The highest BCUT2D eigenvalue weighted by Gasteiger charge is 2.28. The number of methoxy groups -OCH3 is 1. The second-order valence-corrected chi connectivity index (χ2v) is 4.71. The Kier molecular flexibility index (Phi) is 4.26. The zero-order valence-electron chi connectivity index (χ0n) is 10.2. The van der Waals surface area contributed by atoms with Gasteiger partial charge < -0.3 is 14.8 Å². The first-order valence-electron chi connectivity index (χ1n) is 5.84. The Labute approximate surface area is 107 Å². The summed E-state index contributed by atoms with van der Waals surface area (Å²) in [5.41, 5.74) is 1.11. The van der Waals surface area contributed by atoms with E-state index < -0.39 is 0 Å². The zero-order chi connectivity index (χ0) is 12.3. The van der Waals surface area contributed by atoms with Crippen LogP contribution in [0.1, 0.15) is 18.0 Å². The van der Waals surface area contributed by atoms with Crippen molar-refractivity contribution >= 4 is 11.6 Å². The van der Waals surface area contributed by atoms with Gasteiger partial charge in [0.1, 0.15) is 5.75 Å². The number of halogens is 1. The summed E-state index contributed by atoms with van der Waals surface area (Å²) in [5, 5.41) is 4.08.